The van der Waals surface area contributed by atoms with Crippen molar-refractivity contribution in [2.24, 2.45) is 0 Å². The minimum Gasteiger partial charge on any atom is -0.379 e. The van der Waals surface area contributed by atoms with Crippen molar-refractivity contribution in [1.29, 1.82) is 0 Å². The van der Waals surface area contributed by atoms with Crippen molar-refractivity contribution in [2.75, 3.05) is 170 Å². The van der Waals surface area contributed by atoms with Crippen LogP contribution in [0.1, 0.15) is 123 Å². The van der Waals surface area contributed by atoms with Crippen LogP contribution in [0.2, 0.25) is 0 Å². The number of pyridine rings is 1. The molecular weight excluding hydrogens is 1770 g/mol. The van der Waals surface area contributed by atoms with E-state index >= 15 is 0 Å². The smallest absolute Gasteiger partial charge is 0.278 e. The Morgan fingerprint density at radius 1 is 0.336 bits per heavy atom. The van der Waals surface area contributed by atoms with Crippen LogP contribution in [-0.4, -0.2) is 257 Å². The maximum Gasteiger partial charge on any atom is 0.278 e. The highest BCUT2D eigenvalue weighted by Gasteiger charge is 2.49. The van der Waals surface area contributed by atoms with Gasteiger partial charge in [0.25, 0.3) is 23.6 Å². The van der Waals surface area contributed by atoms with Crippen LogP contribution in [0.5, 0.6) is 0 Å². The fourth-order valence-electron chi connectivity index (χ4n) is 18.0. The molecule has 11 N–H and O–H groups in total. The molecule has 716 valence electrons. The minimum atomic E-state index is -0.258. The summed E-state index contributed by atoms with van der Waals surface area (Å²) in [7, 11) is 10.2. The Morgan fingerprint density at radius 3 is 1.07 bits per heavy atom. The van der Waals surface area contributed by atoms with Gasteiger partial charge in [-0.2, -0.15) is 19.9 Å². The molecule has 4 aromatic carbocycles. The lowest BCUT2D eigenvalue weighted by atomic mass is 9.64. The van der Waals surface area contributed by atoms with Crippen LogP contribution in [0.15, 0.2) is 220 Å². The van der Waals surface area contributed by atoms with E-state index in [1.807, 2.05) is 65.7 Å². The molecule has 0 radical (unpaired) electrons. The predicted octanol–water partition coefficient (Wildman–Crippen LogP) is 11.9. The van der Waals surface area contributed by atoms with Crippen LogP contribution in [0.4, 0.5) is 47.1 Å². The van der Waals surface area contributed by atoms with Crippen LogP contribution in [0.25, 0.3) is 90.7 Å². The van der Waals surface area contributed by atoms with E-state index in [0.717, 1.165) is 253 Å². The maximum atomic E-state index is 5.69. The first kappa shape index (κ1) is 93.4. The maximum absolute atomic E-state index is 5.69. The Hall–Kier alpha value is -15.7. The molecule has 4 saturated carbocycles. The SMILES string of the molecule is CN(C)CCN(C)c1cnc(-c2nc(C3(c4ccc(-c5cnc(N)nc5)cc4)CCC3)no2)cn1.CN(C)CCNc1cnc(-c2nc(C3(c4ccc(-c5cnc(N)nc5)cc4)CCC3)no2)cn1.Nc1ncc(-c2ccc(C3(c4noc(-c5ccc(N6CCNCC6)nc5)n4)CCC3)cc2)cn1.Nc1ncc(-c2ccc(C3(c4noc(-c5ccc(NCCN6CCOCC6)nn5)n4)CCC3)cc2)cn1. The van der Waals surface area contributed by atoms with Gasteiger partial charge in [-0.3, -0.25) is 4.90 Å². The van der Waals surface area contributed by atoms with Crippen molar-refractivity contribution in [3.05, 3.63) is 247 Å². The number of nitrogens with two attached hydrogens (primary N) is 4. The molecule has 14 heterocycles. The molecule has 0 spiro atoms. The largest absolute Gasteiger partial charge is 0.379 e. The van der Waals surface area contributed by atoms with Crippen LogP contribution in [-0.2, 0) is 26.4 Å². The highest BCUT2D eigenvalue weighted by molar-refractivity contribution is 5.68. The average molecular weight is 1880 g/mol. The Labute approximate surface area is 808 Å². The van der Waals surface area contributed by atoms with E-state index in [0.29, 0.717) is 63.9 Å². The molecule has 0 amide bonds. The van der Waals surface area contributed by atoms with Gasteiger partial charge in [-0.05, 0) is 148 Å². The van der Waals surface area contributed by atoms with E-state index < -0.39 is 0 Å². The lowest BCUT2D eigenvalue weighted by molar-refractivity contribution is 0.0398. The third-order valence-electron chi connectivity index (χ3n) is 27.0. The summed E-state index contributed by atoms with van der Waals surface area (Å²) in [5.41, 5.74) is 36.5. The number of aromatic nitrogens is 23. The van der Waals surface area contributed by atoms with Gasteiger partial charge in [-0.25, -0.2) is 64.8 Å². The molecular formula is C100H111N35O5. The fraction of sp³-hybridized carbons (Fsp3) is 0.350. The molecule has 22 rings (SSSR count). The number of nitrogens with one attached hydrogen (secondary N) is 3. The van der Waals surface area contributed by atoms with E-state index in [1.165, 1.54) is 11.1 Å². The quantitative estimate of drug-likeness (QED) is 0.0229. The first-order chi connectivity index (χ1) is 68.4. The Bertz CT molecular complexity index is 6690. The summed E-state index contributed by atoms with van der Waals surface area (Å²) in [5, 5.41) is 36.0. The Kier molecular flexibility index (Phi) is 28.1. The van der Waals surface area contributed by atoms with Gasteiger partial charge in [0.2, 0.25) is 23.8 Å². The van der Waals surface area contributed by atoms with Gasteiger partial charge in [-0.1, -0.05) is 143 Å². The summed E-state index contributed by atoms with van der Waals surface area (Å²) in [6.07, 6.45) is 34.7. The molecule has 6 aliphatic rings. The second kappa shape index (κ2) is 42.1. The number of ether oxygens (including phenoxy) is 1. The molecule has 40 heteroatoms. The van der Waals surface area contributed by atoms with Gasteiger partial charge in [0.05, 0.1) is 65.2 Å². The van der Waals surface area contributed by atoms with Gasteiger partial charge in [0, 0.05) is 164 Å². The molecule has 16 aromatic rings. The predicted molar refractivity (Wildman–Crippen MR) is 529 cm³/mol. The molecule has 4 aliphatic carbocycles. The number of nitrogen functional groups attached to an aromatic ring is 4. The van der Waals surface area contributed by atoms with Crippen molar-refractivity contribution in [3.8, 4) is 90.7 Å². The zero-order valence-electron chi connectivity index (χ0n) is 78.8. The number of anilines is 8. The topological polar surface area (TPSA) is 515 Å². The van der Waals surface area contributed by atoms with E-state index in [1.54, 1.807) is 74.4 Å². The zero-order valence-corrected chi connectivity index (χ0v) is 78.8. The standard InChI is InChI=1S/C26H29N9O2.C25H29N9O.C25H26N8O.C24H27N9O/c27-25-29-16-19(17-30-25)18-2-4-20(5-3-18)26(8-1-9-26)24-31-23(37-34-24)21-6-7-22(33-32-21)28-10-11-35-12-14-36-15-13-35;1-33(2)11-12-34(3)21-16-27-20(15-28-21)22-31-23(32-35-22)25(9-4-10-25)19-7-5-17(6-8-19)18-13-29-24(26)30-14-18;26-24-29-15-19(16-30-24)17-2-5-20(6-3-17)25(8-1-9-25)23-31-22(34-32-23)18-4-7-21(28-14-18)33-12-10-27-11-13-33;1-33(2)11-10-26-20-15-27-19(14-28-20)21-31-22(32-34-21)24(8-3-9-24)18-6-4-16(5-7-18)17-12-29-23(25)30-13-17/h2-7,16-17H,1,8-15H2,(H,28,33)(H2,27,29,30);5-8,13-16H,4,9-12H2,1-3H3,(H2,26,29,30);2-7,14-16,27H,1,8-13H2,(H2,26,29,30);4-7,12-15H,3,8-11H2,1-2H3,(H,26,28)(H2,25,29,30). The minimum absolute atomic E-state index is 0.216. The number of nitrogens with zero attached hydrogens (tertiary/aromatic N) is 28. The molecule has 40 nitrogen and oxygen atoms in total. The Morgan fingerprint density at radius 2 is 0.714 bits per heavy atom. The number of morpholine rings is 1. The molecule has 6 fully saturated rings. The molecule has 12 aromatic heterocycles. The highest BCUT2D eigenvalue weighted by atomic mass is 16.5. The molecule has 0 bridgehead atoms. The van der Waals surface area contributed by atoms with E-state index in [-0.39, 0.29) is 45.5 Å². The average Bonchev–Trinajstić information content (AvgIpc) is 1.47. The second-order valence-corrected chi connectivity index (χ2v) is 36.4. The lowest BCUT2D eigenvalue weighted by Crippen LogP contribution is -2.43. The summed E-state index contributed by atoms with van der Waals surface area (Å²) in [6, 6.07) is 41.4. The van der Waals surface area contributed by atoms with Crippen molar-refractivity contribution in [3.63, 3.8) is 0 Å². The van der Waals surface area contributed by atoms with Crippen LogP contribution in [0, 0.1) is 0 Å². The van der Waals surface area contributed by atoms with E-state index in [4.69, 9.17) is 65.7 Å². The first-order valence-corrected chi connectivity index (χ1v) is 47.2. The highest BCUT2D eigenvalue weighted by Crippen LogP contribution is 2.53. The van der Waals surface area contributed by atoms with Crippen LogP contribution < -0.4 is 48.7 Å². The lowest BCUT2D eigenvalue weighted by Gasteiger charge is -2.39. The van der Waals surface area contributed by atoms with Crippen molar-refractivity contribution in [2.45, 2.75) is 98.7 Å². The number of hydrogen-bond donors (Lipinski definition) is 7. The van der Waals surface area contributed by atoms with E-state index in [9.17, 15) is 0 Å². The van der Waals surface area contributed by atoms with Gasteiger partial charge < -0.3 is 81.3 Å². The number of piperazine rings is 1. The molecule has 140 heavy (non-hydrogen) atoms. The first-order valence-electron chi connectivity index (χ1n) is 47.2. The van der Waals surface area contributed by atoms with Gasteiger partial charge in [0.1, 0.15) is 34.7 Å². The summed E-state index contributed by atoms with van der Waals surface area (Å²) in [6.45, 7) is 12.6. The summed E-state index contributed by atoms with van der Waals surface area (Å²) in [5.74, 6) is 8.75. The number of benzene rings is 4. The zero-order chi connectivity index (χ0) is 96.0. The monoisotopic (exact) mass is 1880 g/mol. The van der Waals surface area contributed by atoms with Gasteiger partial charge in [-0.15, -0.1) is 10.2 Å². The number of rotatable bonds is 29. The van der Waals surface area contributed by atoms with Gasteiger partial charge >= 0.3 is 0 Å². The molecule has 2 aliphatic heterocycles. The fourth-order valence-corrected chi connectivity index (χ4v) is 18.0. The van der Waals surface area contributed by atoms with E-state index in [2.05, 4.69) is 233 Å². The normalized spacial score (nSPS) is 16.0. The number of likely N-dealkylation sites (N-methyl/N-ethyl adjacent to an activating group) is 3. The number of hydrogen-bond acceptors (Lipinski definition) is 40. The summed E-state index contributed by atoms with van der Waals surface area (Å²) in [4.78, 5) is 85.2. The third kappa shape index (κ3) is 20.9. The molecule has 2 saturated heterocycles. The summed E-state index contributed by atoms with van der Waals surface area (Å²) >= 11 is 0. The van der Waals surface area contributed by atoms with Gasteiger partial charge in [0.15, 0.2) is 29.0 Å². The second-order valence-electron chi connectivity index (χ2n) is 36.4. The summed E-state index contributed by atoms with van der Waals surface area (Å²) < 4.78 is 27.9. The third-order valence-corrected chi connectivity index (χ3v) is 27.0. The van der Waals surface area contributed by atoms with Crippen LogP contribution in [0.3, 0.4) is 0 Å². The van der Waals surface area contributed by atoms with Crippen molar-refractivity contribution >= 4 is 47.1 Å². The van der Waals surface area contributed by atoms with Crippen molar-refractivity contribution < 1.29 is 22.8 Å². The van der Waals surface area contributed by atoms with Crippen molar-refractivity contribution in [1.82, 2.24) is 136 Å². The van der Waals surface area contributed by atoms with Crippen LogP contribution >= 0.6 is 0 Å². The molecule has 0 atom stereocenters. The Balaban J connectivity index is 0.000000119. The molecule has 0 unspecified atom stereocenters.